The summed E-state index contributed by atoms with van der Waals surface area (Å²) in [6.07, 6.45) is 0. The molecule has 0 heterocycles. The zero-order valence-electron chi connectivity index (χ0n) is 11.8. The molecule has 0 fully saturated rings. The molecule has 17 heavy (non-hydrogen) atoms. The van der Waals surface area contributed by atoms with Crippen LogP contribution in [-0.2, 0) is 4.79 Å². The van der Waals surface area contributed by atoms with E-state index in [1.165, 1.54) is 0 Å². The predicted octanol–water partition coefficient (Wildman–Crippen LogP) is 0.837. The number of hydrogen-bond acceptors (Lipinski definition) is 2. The summed E-state index contributed by atoms with van der Waals surface area (Å²) in [6.45, 7) is 12.2. The number of nitrogens with one attached hydrogen (secondary N) is 1. The van der Waals surface area contributed by atoms with Gasteiger partial charge >= 0.3 is 0 Å². The lowest BCUT2D eigenvalue weighted by molar-refractivity contribution is -0.129. The Kier molecular flexibility index (Phi) is 4.98. The van der Waals surface area contributed by atoms with E-state index in [0.29, 0.717) is 6.54 Å². The van der Waals surface area contributed by atoms with Crippen LogP contribution in [0.25, 0.3) is 0 Å². The summed E-state index contributed by atoms with van der Waals surface area (Å²) >= 11 is 0. The first-order chi connectivity index (χ1) is 7.43. The molecule has 0 rings (SSSR count). The van der Waals surface area contributed by atoms with Crippen molar-refractivity contribution >= 4 is 11.9 Å². The number of guanidine groups is 1. The van der Waals surface area contributed by atoms with Gasteiger partial charge in [-0.2, -0.15) is 0 Å². The summed E-state index contributed by atoms with van der Waals surface area (Å²) in [6, 6.07) is 0. The lowest BCUT2D eigenvalue weighted by Crippen LogP contribution is -2.48. The van der Waals surface area contributed by atoms with Crippen LogP contribution in [0, 0.1) is 11.3 Å². The van der Waals surface area contributed by atoms with Crippen LogP contribution in [-0.4, -0.2) is 24.0 Å². The van der Waals surface area contributed by atoms with Crippen molar-refractivity contribution in [2.45, 2.75) is 47.1 Å². The fourth-order valence-electron chi connectivity index (χ4n) is 1.40. The van der Waals surface area contributed by atoms with Crippen LogP contribution >= 0.6 is 0 Å². The molecule has 1 amide bonds. The molecule has 0 radical (unpaired) electrons. The molecule has 100 valence electrons. The number of amides is 1. The third-order valence-corrected chi connectivity index (χ3v) is 2.32. The van der Waals surface area contributed by atoms with E-state index in [2.05, 4.69) is 10.3 Å². The van der Waals surface area contributed by atoms with Crippen molar-refractivity contribution in [2.24, 2.45) is 27.8 Å². The van der Waals surface area contributed by atoms with Crippen LogP contribution < -0.4 is 16.8 Å². The molecule has 0 aromatic carbocycles. The summed E-state index contributed by atoms with van der Waals surface area (Å²) < 4.78 is 0. The van der Waals surface area contributed by atoms with Gasteiger partial charge in [0.1, 0.15) is 0 Å². The van der Waals surface area contributed by atoms with Gasteiger partial charge in [-0.15, -0.1) is 0 Å². The van der Waals surface area contributed by atoms with E-state index < -0.39 is 0 Å². The Labute approximate surface area is 104 Å². The summed E-state index contributed by atoms with van der Waals surface area (Å²) in [5.41, 5.74) is 10.2. The van der Waals surface area contributed by atoms with E-state index in [1.54, 1.807) is 0 Å². The second kappa shape index (κ2) is 5.38. The summed E-state index contributed by atoms with van der Waals surface area (Å²) in [4.78, 5) is 16.1. The Bertz CT molecular complexity index is 293. The molecule has 0 aromatic rings. The highest BCUT2D eigenvalue weighted by Crippen LogP contribution is 2.27. The molecule has 0 bridgehead atoms. The number of rotatable bonds is 3. The smallest absolute Gasteiger partial charge is 0.225 e. The number of nitrogens with two attached hydrogens (primary N) is 2. The lowest BCUT2D eigenvalue weighted by atomic mass is 9.79. The maximum atomic E-state index is 12.2. The highest BCUT2D eigenvalue weighted by Gasteiger charge is 2.32. The largest absolute Gasteiger partial charge is 0.370 e. The van der Waals surface area contributed by atoms with Crippen LogP contribution in [0.4, 0.5) is 0 Å². The molecule has 5 nitrogen and oxygen atoms in total. The standard InChI is InChI=1S/C12H26N4O/c1-11(2,3)8(7-15-10(13)14)9(17)16-12(4,5)6/h8H,7H2,1-6H3,(H,16,17)(H4,13,14,15)/t8-/m0/s1. The molecule has 0 unspecified atom stereocenters. The minimum Gasteiger partial charge on any atom is -0.370 e. The van der Waals surface area contributed by atoms with E-state index in [-0.39, 0.29) is 28.7 Å². The topological polar surface area (TPSA) is 93.5 Å². The summed E-state index contributed by atoms with van der Waals surface area (Å²) in [7, 11) is 0. The average molecular weight is 242 g/mol. The molecule has 1 atom stereocenters. The summed E-state index contributed by atoms with van der Waals surface area (Å²) in [5.74, 6) is -0.248. The molecule has 0 saturated heterocycles. The third kappa shape index (κ3) is 6.81. The Morgan fingerprint density at radius 3 is 1.94 bits per heavy atom. The molecule has 0 aliphatic heterocycles. The fraction of sp³-hybridized carbons (Fsp3) is 0.833. The molecule has 0 saturated carbocycles. The first-order valence-corrected chi connectivity index (χ1v) is 5.81. The molecule has 5 heteroatoms. The van der Waals surface area contributed by atoms with Crippen LogP contribution in [0.2, 0.25) is 0 Å². The minimum absolute atomic E-state index is 0.0165. The second-order valence-corrected chi connectivity index (χ2v) is 6.42. The van der Waals surface area contributed by atoms with Crippen molar-refractivity contribution in [3.63, 3.8) is 0 Å². The number of nitrogens with zero attached hydrogens (tertiary/aromatic N) is 1. The van der Waals surface area contributed by atoms with Crippen LogP contribution in [0.1, 0.15) is 41.5 Å². The molecule has 0 aliphatic rings. The Hall–Kier alpha value is -1.26. The average Bonchev–Trinajstić information content (AvgIpc) is 1.96. The number of hydrogen-bond donors (Lipinski definition) is 3. The normalized spacial score (nSPS) is 14.0. The third-order valence-electron chi connectivity index (χ3n) is 2.32. The molecule has 5 N–H and O–H groups in total. The van der Waals surface area contributed by atoms with Gasteiger partial charge in [0.05, 0.1) is 12.5 Å². The Balaban J connectivity index is 4.83. The zero-order valence-corrected chi connectivity index (χ0v) is 11.8. The Morgan fingerprint density at radius 1 is 1.18 bits per heavy atom. The van der Waals surface area contributed by atoms with Crippen molar-refractivity contribution in [2.75, 3.05) is 6.54 Å². The number of carbonyl (C=O) groups is 1. The van der Waals surface area contributed by atoms with E-state index >= 15 is 0 Å². The number of carbonyl (C=O) groups excluding carboxylic acids is 1. The second-order valence-electron chi connectivity index (χ2n) is 6.42. The van der Waals surface area contributed by atoms with Crippen molar-refractivity contribution in [1.29, 1.82) is 0 Å². The molecule has 0 aromatic heterocycles. The molecule has 0 spiro atoms. The van der Waals surface area contributed by atoms with E-state index in [4.69, 9.17) is 11.5 Å². The van der Waals surface area contributed by atoms with Crippen LogP contribution in [0.3, 0.4) is 0 Å². The molecular weight excluding hydrogens is 216 g/mol. The van der Waals surface area contributed by atoms with Gasteiger partial charge in [0.25, 0.3) is 0 Å². The van der Waals surface area contributed by atoms with E-state index in [9.17, 15) is 4.79 Å². The van der Waals surface area contributed by atoms with Crippen molar-refractivity contribution < 1.29 is 4.79 Å². The van der Waals surface area contributed by atoms with Crippen LogP contribution in [0.5, 0.6) is 0 Å². The monoisotopic (exact) mass is 242 g/mol. The highest BCUT2D eigenvalue weighted by atomic mass is 16.2. The first kappa shape index (κ1) is 15.7. The maximum absolute atomic E-state index is 12.2. The van der Waals surface area contributed by atoms with E-state index in [0.717, 1.165) is 0 Å². The summed E-state index contributed by atoms with van der Waals surface area (Å²) in [5, 5.41) is 2.96. The lowest BCUT2D eigenvalue weighted by Gasteiger charge is -2.31. The van der Waals surface area contributed by atoms with Gasteiger partial charge in [-0.05, 0) is 26.2 Å². The zero-order chi connectivity index (χ0) is 13.9. The molecule has 0 aliphatic carbocycles. The van der Waals surface area contributed by atoms with Crippen molar-refractivity contribution in [1.82, 2.24) is 5.32 Å². The van der Waals surface area contributed by atoms with Crippen LogP contribution in [0.15, 0.2) is 4.99 Å². The van der Waals surface area contributed by atoms with Gasteiger partial charge in [-0.25, -0.2) is 0 Å². The van der Waals surface area contributed by atoms with Gasteiger partial charge in [-0.1, -0.05) is 20.8 Å². The quantitative estimate of drug-likeness (QED) is 0.505. The Morgan fingerprint density at radius 2 is 1.65 bits per heavy atom. The minimum atomic E-state index is -0.251. The molecular formula is C12H26N4O. The van der Waals surface area contributed by atoms with E-state index in [1.807, 2.05) is 41.5 Å². The SMILES string of the molecule is CC(C)(C)NC(=O)[C@H](CN=C(N)N)C(C)(C)C. The van der Waals surface area contributed by atoms with Gasteiger partial charge in [0, 0.05) is 5.54 Å². The first-order valence-electron chi connectivity index (χ1n) is 5.81. The highest BCUT2D eigenvalue weighted by molar-refractivity contribution is 5.81. The van der Waals surface area contributed by atoms with Crippen molar-refractivity contribution in [3.05, 3.63) is 0 Å². The van der Waals surface area contributed by atoms with Gasteiger partial charge in [-0.3, -0.25) is 9.79 Å². The number of aliphatic imine (C=N–C) groups is 1. The maximum Gasteiger partial charge on any atom is 0.225 e. The van der Waals surface area contributed by atoms with Gasteiger partial charge in [0.2, 0.25) is 5.91 Å². The van der Waals surface area contributed by atoms with Gasteiger partial charge in [0.15, 0.2) is 5.96 Å². The van der Waals surface area contributed by atoms with Crippen molar-refractivity contribution in [3.8, 4) is 0 Å². The van der Waals surface area contributed by atoms with Gasteiger partial charge < -0.3 is 16.8 Å². The fourth-order valence-corrected chi connectivity index (χ4v) is 1.40. The predicted molar refractivity (Wildman–Crippen MR) is 71.5 cm³/mol.